The Morgan fingerprint density at radius 3 is 2.35 bits per heavy atom. The second kappa shape index (κ2) is 4.19. The molecule has 3 rings (SSSR count). The Morgan fingerprint density at radius 2 is 1.53 bits per heavy atom. The molecule has 2 aromatic carbocycles. The largest absolute Gasteiger partial charge is 0.387 e. The van der Waals surface area contributed by atoms with Crippen molar-refractivity contribution in [3.63, 3.8) is 0 Å². The first-order chi connectivity index (χ1) is 8.36. The zero-order chi connectivity index (χ0) is 11.7. The molecule has 0 radical (unpaired) electrons. The lowest BCUT2D eigenvalue weighted by Crippen LogP contribution is -2.13. The fourth-order valence-electron chi connectivity index (χ4n) is 2.41. The third kappa shape index (κ3) is 1.79. The average Bonchev–Trinajstić information content (AvgIpc) is 2.40. The second-order valence-corrected chi connectivity index (χ2v) is 4.37. The zero-order valence-electron chi connectivity index (χ0n) is 9.45. The Hall–Kier alpha value is -1.86. The number of aliphatic hydroxyl groups excluding tert-OH is 1. The van der Waals surface area contributed by atoms with E-state index in [-0.39, 0.29) is 5.92 Å². The van der Waals surface area contributed by atoms with Crippen LogP contribution in [0.3, 0.4) is 0 Å². The lowest BCUT2D eigenvalue weighted by molar-refractivity contribution is 0.160. The van der Waals surface area contributed by atoms with E-state index in [4.69, 9.17) is 0 Å². The maximum absolute atomic E-state index is 10.4. The summed E-state index contributed by atoms with van der Waals surface area (Å²) in [5.41, 5.74) is 3.29. The van der Waals surface area contributed by atoms with Crippen LogP contribution in [0.15, 0.2) is 60.7 Å². The van der Waals surface area contributed by atoms with Crippen molar-refractivity contribution < 1.29 is 5.11 Å². The summed E-state index contributed by atoms with van der Waals surface area (Å²) in [5, 5.41) is 10.4. The summed E-state index contributed by atoms with van der Waals surface area (Å²) in [5.74, 6) is 0.0612. The summed E-state index contributed by atoms with van der Waals surface area (Å²) in [6, 6.07) is 18.2. The zero-order valence-corrected chi connectivity index (χ0v) is 9.45. The van der Waals surface area contributed by atoms with Crippen molar-refractivity contribution in [3.05, 3.63) is 77.4 Å². The average molecular weight is 222 g/mol. The Kier molecular flexibility index (Phi) is 2.54. The van der Waals surface area contributed by atoms with Crippen molar-refractivity contribution in [1.29, 1.82) is 0 Å². The third-order valence-electron chi connectivity index (χ3n) is 3.32. The molecule has 0 aromatic heterocycles. The predicted octanol–water partition coefficient (Wildman–Crippen LogP) is 3.53. The standard InChI is InChI=1S/C16H14O/c17-16-14-9-5-4-8-13(14)10-11-15(16)12-6-2-1-3-7-12/h1-11,15-17H/t15-,16+/m1/s1. The Bertz CT molecular complexity index is 542. The van der Waals surface area contributed by atoms with Gasteiger partial charge < -0.3 is 5.11 Å². The van der Waals surface area contributed by atoms with Crippen LogP contribution >= 0.6 is 0 Å². The fourth-order valence-corrected chi connectivity index (χ4v) is 2.41. The second-order valence-electron chi connectivity index (χ2n) is 4.37. The first-order valence-corrected chi connectivity index (χ1v) is 5.86. The normalized spacial score (nSPS) is 22.2. The fraction of sp³-hybridized carbons (Fsp3) is 0.125. The maximum atomic E-state index is 10.4. The minimum atomic E-state index is -0.446. The van der Waals surface area contributed by atoms with E-state index in [9.17, 15) is 5.11 Å². The summed E-state index contributed by atoms with van der Waals surface area (Å²) >= 11 is 0. The van der Waals surface area contributed by atoms with Gasteiger partial charge in [0.1, 0.15) is 0 Å². The van der Waals surface area contributed by atoms with Crippen molar-refractivity contribution in [2.75, 3.05) is 0 Å². The van der Waals surface area contributed by atoms with Crippen molar-refractivity contribution in [2.45, 2.75) is 12.0 Å². The van der Waals surface area contributed by atoms with Crippen LogP contribution in [-0.2, 0) is 0 Å². The molecule has 0 saturated heterocycles. The molecule has 0 fully saturated rings. The van der Waals surface area contributed by atoms with Gasteiger partial charge in [0, 0.05) is 5.92 Å². The first kappa shape index (κ1) is 10.3. The molecular weight excluding hydrogens is 208 g/mol. The van der Waals surface area contributed by atoms with Crippen LogP contribution in [0.5, 0.6) is 0 Å². The summed E-state index contributed by atoms with van der Waals surface area (Å²) < 4.78 is 0. The van der Waals surface area contributed by atoms with Gasteiger partial charge in [-0.3, -0.25) is 0 Å². The molecule has 1 N–H and O–H groups in total. The number of benzene rings is 2. The highest BCUT2D eigenvalue weighted by molar-refractivity contribution is 5.59. The third-order valence-corrected chi connectivity index (χ3v) is 3.32. The van der Waals surface area contributed by atoms with Gasteiger partial charge in [-0.15, -0.1) is 0 Å². The monoisotopic (exact) mass is 222 g/mol. The van der Waals surface area contributed by atoms with Gasteiger partial charge in [-0.1, -0.05) is 66.7 Å². The van der Waals surface area contributed by atoms with Gasteiger partial charge in [-0.05, 0) is 16.7 Å². The highest BCUT2D eigenvalue weighted by Gasteiger charge is 2.24. The SMILES string of the molecule is O[C@H]1c2ccccc2C=C[C@@H]1c1ccccc1. The van der Waals surface area contributed by atoms with Crippen molar-refractivity contribution in [2.24, 2.45) is 0 Å². The highest BCUT2D eigenvalue weighted by Crippen LogP contribution is 2.38. The van der Waals surface area contributed by atoms with Crippen molar-refractivity contribution in [3.8, 4) is 0 Å². The Balaban J connectivity index is 2.03. The van der Waals surface area contributed by atoms with E-state index in [1.165, 1.54) is 0 Å². The lowest BCUT2D eigenvalue weighted by Gasteiger charge is -2.26. The smallest absolute Gasteiger partial charge is 0.0899 e. The van der Waals surface area contributed by atoms with Crippen LogP contribution in [0.25, 0.3) is 6.08 Å². The van der Waals surface area contributed by atoms with E-state index >= 15 is 0 Å². The van der Waals surface area contributed by atoms with Gasteiger partial charge in [0.15, 0.2) is 0 Å². The topological polar surface area (TPSA) is 20.2 Å². The summed E-state index contributed by atoms with van der Waals surface area (Å²) in [6.45, 7) is 0. The molecule has 1 aliphatic carbocycles. The maximum Gasteiger partial charge on any atom is 0.0899 e. The molecule has 2 aromatic rings. The van der Waals surface area contributed by atoms with E-state index in [2.05, 4.69) is 24.3 Å². The van der Waals surface area contributed by atoms with Gasteiger partial charge >= 0.3 is 0 Å². The van der Waals surface area contributed by atoms with E-state index in [0.717, 1.165) is 16.7 Å². The summed E-state index contributed by atoms with van der Waals surface area (Å²) in [7, 11) is 0. The number of fused-ring (bicyclic) bond motifs is 1. The molecule has 0 amide bonds. The van der Waals surface area contributed by atoms with Crippen LogP contribution in [-0.4, -0.2) is 5.11 Å². The van der Waals surface area contributed by atoms with Gasteiger partial charge in [-0.25, -0.2) is 0 Å². The number of hydrogen-bond donors (Lipinski definition) is 1. The minimum absolute atomic E-state index is 0.0612. The van der Waals surface area contributed by atoms with Crippen LogP contribution in [0.4, 0.5) is 0 Å². The van der Waals surface area contributed by atoms with E-state index in [0.29, 0.717) is 0 Å². The van der Waals surface area contributed by atoms with Gasteiger partial charge in [0.2, 0.25) is 0 Å². The number of rotatable bonds is 1. The molecule has 0 saturated carbocycles. The van der Waals surface area contributed by atoms with Crippen LogP contribution in [0.2, 0.25) is 0 Å². The van der Waals surface area contributed by atoms with E-state index in [1.807, 2.05) is 42.5 Å². The van der Waals surface area contributed by atoms with Gasteiger partial charge in [0.25, 0.3) is 0 Å². The molecule has 1 heteroatoms. The lowest BCUT2D eigenvalue weighted by atomic mass is 9.83. The molecule has 0 unspecified atom stereocenters. The van der Waals surface area contributed by atoms with Gasteiger partial charge in [-0.2, -0.15) is 0 Å². The van der Waals surface area contributed by atoms with Crippen LogP contribution in [0, 0.1) is 0 Å². The predicted molar refractivity (Wildman–Crippen MR) is 69.6 cm³/mol. The minimum Gasteiger partial charge on any atom is -0.387 e. The number of hydrogen-bond acceptors (Lipinski definition) is 1. The molecular formula is C16H14O. The molecule has 17 heavy (non-hydrogen) atoms. The summed E-state index contributed by atoms with van der Waals surface area (Å²) in [4.78, 5) is 0. The summed E-state index contributed by atoms with van der Waals surface area (Å²) in [6.07, 6.45) is 3.74. The Labute approximate surface area is 101 Å². The molecule has 1 aliphatic rings. The molecule has 1 nitrogen and oxygen atoms in total. The molecule has 84 valence electrons. The first-order valence-electron chi connectivity index (χ1n) is 5.86. The van der Waals surface area contributed by atoms with Gasteiger partial charge in [0.05, 0.1) is 6.10 Å². The Morgan fingerprint density at radius 1 is 0.824 bits per heavy atom. The van der Waals surface area contributed by atoms with Crippen LogP contribution < -0.4 is 0 Å². The number of aliphatic hydroxyl groups is 1. The van der Waals surface area contributed by atoms with Crippen molar-refractivity contribution >= 4 is 6.08 Å². The molecule has 0 bridgehead atoms. The molecule has 0 aliphatic heterocycles. The molecule has 0 spiro atoms. The molecule has 0 heterocycles. The molecule has 2 atom stereocenters. The van der Waals surface area contributed by atoms with Crippen LogP contribution in [0.1, 0.15) is 28.7 Å². The van der Waals surface area contributed by atoms with Crippen molar-refractivity contribution in [1.82, 2.24) is 0 Å². The van der Waals surface area contributed by atoms with E-state index < -0.39 is 6.10 Å². The van der Waals surface area contributed by atoms with E-state index in [1.54, 1.807) is 0 Å². The quantitative estimate of drug-likeness (QED) is 0.782. The highest BCUT2D eigenvalue weighted by atomic mass is 16.3.